The van der Waals surface area contributed by atoms with Gasteiger partial charge in [0.25, 0.3) is 0 Å². The molecule has 5 heteroatoms. The smallest absolute Gasteiger partial charge is 0.220 e. The van der Waals surface area contributed by atoms with Gasteiger partial charge >= 0.3 is 0 Å². The Kier molecular flexibility index (Phi) is 3.85. The molecule has 1 aromatic carbocycles. The summed E-state index contributed by atoms with van der Waals surface area (Å²) in [7, 11) is 0. The van der Waals surface area contributed by atoms with E-state index in [2.05, 4.69) is 20.9 Å². The van der Waals surface area contributed by atoms with E-state index in [4.69, 9.17) is 15.9 Å². The van der Waals surface area contributed by atoms with Gasteiger partial charge in [-0.15, -0.1) is 0 Å². The molecule has 0 aliphatic heterocycles. The highest BCUT2D eigenvalue weighted by Gasteiger charge is 2.07. The highest BCUT2D eigenvalue weighted by molar-refractivity contribution is 9.10. The van der Waals surface area contributed by atoms with Gasteiger partial charge in [0.15, 0.2) is 0 Å². The number of nitrogens with two attached hydrogens (primary N) is 1. The summed E-state index contributed by atoms with van der Waals surface area (Å²) in [6.07, 6.45) is 0. The van der Waals surface area contributed by atoms with Crippen molar-refractivity contribution in [2.24, 2.45) is 5.73 Å². The van der Waals surface area contributed by atoms with Crippen LogP contribution in [-0.2, 0) is 0 Å². The number of aromatic nitrogens is 1. The summed E-state index contributed by atoms with van der Waals surface area (Å²) >= 11 is 3.45. The summed E-state index contributed by atoms with van der Waals surface area (Å²) in [5.74, 6) is 1.10. The van der Waals surface area contributed by atoms with Gasteiger partial charge in [-0.1, -0.05) is 6.07 Å². The van der Waals surface area contributed by atoms with Crippen LogP contribution in [0.5, 0.6) is 11.6 Å². The van der Waals surface area contributed by atoms with E-state index in [9.17, 15) is 0 Å². The SMILES string of the molecule is Cc1ccc(Oc2cc(C(=N)N)cc(C)n2)c(Br)c1. The molecule has 0 aliphatic rings. The van der Waals surface area contributed by atoms with Gasteiger partial charge in [0.2, 0.25) is 5.88 Å². The molecule has 3 N–H and O–H groups in total. The van der Waals surface area contributed by atoms with Crippen LogP contribution in [0, 0.1) is 19.3 Å². The minimum atomic E-state index is -0.00155. The molecule has 0 aliphatic carbocycles. The summed E-state index contributed by atoms with van der Waals surface area (Å²) < 4.78 is 6.59. The Bertz CT molecular complexity index is 641. The third kappa shape index (κ3) is 3.32. The zero-order valence-electron chi connectivity index (χ0n) is 10.7. The van der Waals surface area contributed by atoms with Crippen LogP contribution in [-0.4, -0.2) is 10.8 Å². The third-order valence-corrected chi connectivity index (χ3v) is 3.16. The normalized spacial score (nSPS) is 10.3. The summed E-state index contributed by atoms with van der Waals surface area (Å²) in [5, 5.41) is 7.46. The monoisotopic (exact) mass is 319 g/mol. The fourth-order valence-corrected chi connectivity index (χ4v) is 2.22. The standard InChI is InChI=1S/C14H14BrN3O/c1-8-3-4-12(11(15)5-8)19-13-7-10(14(16)17)6-9(2)18-13/h3-7H,1-2H3,(H3,16,17). The van der Waals surface area contributed by atoms with Crippen molar-refractivity contribution in [1.82, 2.24) is 4.98 Å². The molecule has 0 atom stereocenters. The van der Waals surface area contributed by atoms with Crippen LogP contribution in [0.15, 0.2) is 34.8 Å². The molecular formula is C14H14BrN3O. The maximum Gasteiger partial charge on any atom is 0.220 e. The van der Waals surface area contributed by atoms with E-state index in [0.717, 1.165) is 15.7 Å². The van der Waals surface area contributed by atoms with Crippen LogP contribution in [0.25, 0.3) is 0 Å². The lowest BCUT2D eigenvalue weighted by Gasteiger charge is -2.09. The molecule has 0 radical (unpaired) electrons. The molecule has 2 rings (SSSR count). The van der Waals surface area contributed by atoms with E-state index >= 15 is 0 Å². The first-order valence-corrected chi connectivity index (χ1v) is 6.52. The van der Waals surface area contributed by atoms with Gasteiger partial charge in [0, 0.05) is 17.3 Å². The van der Waals surface area contributed by atoms with E-state index in [-0.39, 0.29) is 5.84 Å². The zero-order valence-corrected chi connectivity index (χ0v) is 12.3. The Morgan fingerprint density at radius 3 is 2.63 bits per heavy atom. The van der Waals surface area contributed by atoms with E-state index in [0.29, 0.717) is 17.2 Å². The van der Waals surface area contributed by atoms with Crippen LogP contribution in [0.4, 0.5) is 0 Å². The van der Waals surface area contributed by atoms with Gasteiger partial charge in [0.05, 0.1) is 4.47 Å². The maximum absolute atomic E-state index is 7.46. The molecule has 0 saturated carbocycles. The Labute approximate surface area is 120 Å². The second kappa shape index (κ2) is 5.40. The van der Waals surface area contributed by atoms with Gasteiger partial charge in [-0.25, -0.2) is 4.98 Å². The minimum absolute atomic E-state index is 0.00155. The van der Waals surface area contributed by atoms with Crippen molar-refractivity contribution in [3.05, 3.63) is 51.6 Å². The Morgan fingerprint density at radius 2 is 2.00 bits per heavy atom. The lowest BCUT2D eigenvalue weighted by atomic mass is 10.2. The summed E-state index contributed by atoms with van der Waals surface area (Å²) in [6, 6.07) is 9.21. The second-order valence-electron chi connectivity index (χ2n) is 4.29. The number of benzene rings is 1. The number of hydrogen-bond acceptors (Lipinski definition) is 3. The highest BCUT2D eigenvalue weighted by atomic mass is 79.9. The fraction of sp³-hybridized carbons (Fsp3) is 0.143. The van der Waals surface area contributed by atoms with Crippen molar-refractivity contribution in [2.75, 3.05) is 0 Å². The van der Waals surface area contributed by atoms with Crippen molar-refractivity contribution < 1.29 is 4.74 Å². The molecule has 0 fully saturated rings. The number of amidine groups is 1. The Balaban J connectivity index is 2.35. The van der Waals surface area contributed by atoms with E-state index in [1.54, 1.807) is 12.1 Å². The quantitative estimate of drug-likeness (QED) is 0.671. The van der Waals surface area contributed by atoms with E-state index < -0.39 is 0 Å². The first-order chi connectivity index (χ1) is 8.95. The maximum atomic E-state index is 7.46. The van der Waals surface area contributed by atoms with Crippen LogP contribution < -0.4 is 10.5 Å². The highest BCUT2D eigenvalue weighted by Crippen LogP contribution is 2.30. The number of pyridine rings is 1. The van der Waals surface area contributed by atoms with Crippen LogP contribution >= 0.6 is 15.9 Å². The Hall–Kier alpha value is -1.88. The molecule has 0 amide bonds. The molecule has 19 heavy (non-hydrogen) atoms. The summed E-state index contributed by atoms with van der Waals surface area (Å²) in [4.78, 5) is 4.28. The average Bonchev–Trinajstić information content (AvgIpc) is 2.32. The Morgan fingerprint density at radius 1 is 1.26 bits per heavy atom. The number of ether oxygens (including phenoxy) is 1. The predicted octanol–water partition coefficient (Wildman–Crippen LogP) is 3.54. The molecule has 4 nitrogen and oxygen atoms in total. The largest absolute Gasteiger partial charge is 0.438 e. The van der Waals surface area contributed by atoms with Gasteiger partial charge in [-0.3, -0.25) is 5.41 Å². The number of nitrogen functional groups attached to an aromatic ring is 1. The molecule has 0 spiro atoms. The number of rotatable bonds is 3. The number of hydrogen-bond donors (Lipinski definition) is 2. The first-order valence-electron chi connectivity index (χ1n) is 5.73. The lowest BCUT2D eigenvalue weighted by Crippen LogP contribution is -2.11. The topological polar surface area (TPSA) is 72.0 Å². The average molecular weight is 320 g/mol. The third-order valence-electron chi connectivity index (χ3n) is 2.54. The van der Waals surface area contributed by atoms with Crippen molar-refractivity contribution in [3.63, 3.8) is 0 Å². The van der Waals surface area contributed by atoms with Gasteiger partial charge < -0.3 is 10.5 Å². The number of halogens is 1. The second-order valence-corrected chi connectivity index (χ2v) is 5.14. The zero-order chi connectivity index (χ0) is 14.0. The predicted molar refractivity (Wildman–Crippen MR) is 78.9 cm³/mol. The molecule has 0 unspecified atom stereocenters. The van der Waals surface area contributed by atoms with Crippen LogP contribution in [0.3, 0.4) is 0 Å². The van der Waals surface area contributed by atoms with Gasteiger partial charge in [0.1, 0.15) is 11.6 Å². The van der Waals surface area contributed by atoms with Crippen LogP contribution in [0.2, 0.25) is 0 Å². The first kappa shape index (κ1) is 13.5. The summed E-state index contributed by atoms with van der Waals surface area (Å²) in [5.41, 5.74) is 7.98. The number of nitrogens with zero attached hydrogens (tertiary/aromatic N) is 1. The van der Waals surface area contributed by atoms with Crippen molar-refractivity contribution in [1.29, 1.82) is 5.41 Å². The van der Waals surface area contributed by atoms with Crippen molar-refractivity contribution >= 4 is 21.8 Å². The molecule has 0 saturated heterocycles. The molecule has 0 bridgehead atoms. The van der Waals surface area contributed by atoms with Gasteiger partial charge in [-0.2, -0.15) is 0 Å². The molecule has 1 heterocycles. The number of aryl methyl sites for hydroxylation is 2. The minimum Gasteiger partial charge on any atom is -0.438 e. The lowest BCUT2D eigenvalue weighted by molar-refractivity contribution is 0.458. The van der Waals surface area contributed by atoms with Gasteiger partial charge in [-0.05, 0) is 53.5 Å². The van der Waals surface area contributed by atoms with Crippen molar-refractivity contribution in [2.45, 2.75) is 13.8 Å². The molecule has 1 aromatic heterocycles. The number of nitrogens with one attached hydrogen (secondary N) is 1. The fourth-order valence-electron chi connectivity index (χ4n) is 1.65. The molecular weight excluding hydrogens is 306 g/mol. The molecule has 2 aromatic rings. The van der Waals surface area contributed by atoms with E-state index in [1.165, 1.54) is 0 Å². The summed E-state index contributed by atoms with van der Waals surface area (Å²) in [6.45, 7) is 3.84. The van der Waals surface area contributed by atoms with E-state index in [1.807, 2.05) is 32.0 Å². The van der Waals surface area contributed by atoms with Crippen molar-refractivity contribution in [3.8, 4) is 11.6 Å². The molecule has 98 valence electrons. The van der Waals surface area contributed by atoms with Crippen LogP contribution in [0.1, 0.15) is 16.8 Å².